The number of carbonyl (C=O) groups excluding carboxylic acids is 1. The number of nitrogen functional groups attached to an aromatic ring is 1. The molecule has 116 valence electrons. The third-order valence-corrected chi connectivity index (χ3v) is 2.91. The molecule has 4 nitrogen and oxygen atoms in total. The van der Waals surface area contributed by atoms with Crippen LogP contribution in [0.4, 0.5) is 18.9 Å². The molecule has 2 rings (SSSR count). The first-order chi connectivity index (χ1) is 10.4. The number of hydrogen-bond donors (Lipinski definition) is 1. The van der Waals surface area contributed by atoms with Crippen molar-refractivity contribution < 1.29 is 22.7 Å². The van der Waals surface area contributed by atoms with Gasteiger partial charge in [-0.05, 0) is 25.1 Å². The van der Waals surface area contributed by atoms with E-state index < -0.39 is 23.9 Å². The standard InChI is InChI=1S/C15H13F3N2O2/c1-2-22-15(21)10-5-9(19)6-11(16)13(10)8-3-4-12(14(17)18)20-7-8/h3-7,14H,2,19H2,1H3. The van der Waals surface area contributed by atoms with E-state index in [1.54, 1.807) is 6.92 Å². The van der Waals surface area contributed by atoms with Crippen molar-refractivity contribution >= 4 is 11.7 Å². The highest BCUT2D eigenvalue weighted by Gasteiger charge is 2.20. The van der Waals surface area contributed by atoms with Gasteiger partial charge in [-0.15, -0.1) is 0 Å². The molecule has 0 spiro atoms. The summed E-state index contributed by atoms with van der Waals surface area (Å²) < 4.78 is 44.1. The monoisotopic (exact) mass is 310 g/mol. The van der Waals surface area contributed by atoms with Crippen LogP contribution in [0.2, 0.25) is 0 Å². The molecule has 0 amide bonds. The minimum Gasteiger partial charge on any atom is -0.462 e. The SMILES string of the molecule is CCOC(=O)c1cc(N)cc(F)c1-c1ccc(C(F)F)nc1. The van der Waals surface area contributed by atoms with Crippen LogP contribution in [0, 0.1) is 5.82 Å². The molecular formula is C15H13F3N2O2. The maximum absolute atomic E-state index is 14.2. The van der Waals surface area contributed by atoms with Crippen molar-refractivity contribution in [3.8, 4) is 11.1 Å². The second-order valence-electron chi connectivity index (χ2n) is 4.42. The Labute approximate surface area is 124 Å². The maximum Gasteiger partial charge on any atom is 0.338 e. The summed E-state index contributed by atoms with van der Waals surface area (Å²) in [5.41, 5.74) is 5.19. The van der Waals surface area contributed by atoms with Crippen molar-refractivity contribution in [2.45, 2.75) is 13.3 Å². The molecule has 0 bridgehead atoms. The molecule has 0 unspecified atom stereocenters. The zero-order chi connectivity index (χ0) is 16.3. The first-order valence-electron chi connectivity index (χ1n) is 6.44. The molecule has 0 radical (unpaired) electrons. The van der Waals surface area contributed by atoms with Gasteiger partial charge in [0.2, 0.25) is 0 Å². The predicted molar refractivity (Wildman–Crippen MR) is 75.0 cm³/mol. The van der Waals surface area contributed by atoms with E-state index in [-0.39, 0.29) is 29.0 Å². The molecule has 0 aliphatic rings. The van der Waals surface area contributed by atoms with Gasteiger partial charge in [0, 0.05) is 23.0 Å². The Morgan fingerprint density at radius 3 is 2.64 bits per heavy atom. The fourth-order valence-electron chi connectivity index (χ4n) is 1.97. The number of benzene rings is 1. The smallest absolute Gasteiger partial charge is 0.338 e. The van der Waals surface area contributed by atoms with Crippen molar-refractivity contribution in [1.29, 1.82) is 0 Å². The van der Waals surface area contributed by atoms with Crippen LogP contribution in [0.15, 0.2) is 30.5 Å². The molecule has 22 heavy (non-hydrogen) atoms. The van der Waals surface area contributed by atoms with Gasteiger partial charge in [-0.25, -0.2) is 18.0 Å². The molecule has 0 saturated heterocycles. The van der Waals surface area contributed by atoms with Gasteiger partial charge in [-0.2, -0.15) is 0 Å². The molecule has 2 N–H and O–H groups in total. The third kappa shape index (κ3) is 3.19. The lowest BCUT2D eigenvalue weighted by atomic mass is 9.99. The zero-order valence-electron chi connectivity index (χ0n) is 11.6. The Balaban J connectivity index is 2.55. The predicted octanol–water partition coefficient (Wildman–Crippen LogP) is 3.58. The van der Waals surface area contributed by atoms with E-state index >= 15 is 0 Å². The van der Waals surface area contributed by atoms with Crippen LogP contribution >= 0.6 is 0 Å². The number of aromatic nitrogens is 1. The fraction of sp³-hybridized carbons (Fsp3) is 0.200. The second kappa shape index (κ2) is 6.46. The lowest BCUT2D eigenvalue weighted by molar-refractivity contribution is 0.0527. The van der Waals surface area contributed by atoms with Crippen LogP contribution in [0.1, 0.15) is 29.4 Å². The van der Waals surface area contributed by atoms with Crippen LogP contribution in [0.25, 0.3) is 11.1 Å². The summed E-state index contributed by atoms with van der Waals surface area (Å²) in [4.78, 5) is 15.5. The van der Waals surface area contributed by atoms with E-state index in [0.717, 1.165) is 18.3 Å². The molecule has 7 heteroatoms. The van der Waals surface area contributed by atoms with Crippen LogP contribution in [0.5, 0.6) is 0 Å². The topological polar surface area (TPSA) is 65.2 Å². The third-order valence-electron chi connectivity index (χ3n) is 2.91. The Hall–Kier alpha value is -2.57. The Morgan fingerprint density at radius 1 is 1.36 bits per heavy atom. The van der Waals surface area contributed by atoms with Crippen molar-refractivity contribution in [2.24, 2.45) is 0 Å². The van der Waals surface area contributed by atoms with E-state index in [0.29, 0.717) is 0 Å². The number of ether oxygens (including phenoxy) is 1. The van der Waals surface area contributed by atoms with Crippen molar-refractivity contribution in [1.82, 2.24) is 4.98 Å². The van der Waals surface area contributed by atoms with Gasteiger partial charge >= 0.3 is 5.97 Å². The molecule has 1 aromatic heterocycles. The van der Waals surface area contributed by atoms with E-state index in [2.05, 4.69) is 4.98 Å². The molecular weight excluding hydrogens is 297 g/mol. The van der Waals surface area contributed by atoms with Gasteiger partial charge in [0.1, 0.15) is 11.5 Å². The van der Waals surface area contributed by atoms with E-state index in [4.69, 9.17) is 10.5 Å². The fourth-order valence-corrected chi connectivity index (χ4v) is 1.97. The number of esters is 1. The summed E-state index contributed by atoms with van der Waals surface area (Å²) >= 11 is 0. The number of pyridine rings is 1. The number of halogens is 3. The molecule has 1 heterocycles. The van der Waals surface area contributed by atoms with Crippen LogP contribution < -0.4 is 5.73 Å². The lowest BCUT2D eigenvalue weighted by Crippen LogP contribution is -2.09. The summed E-state index contributed by atoms with van der Waals surface area (Å²) in [7, 11) is 0. The Bertz CT molecular complexity index is 688. The van der Waals surface area contributed by atoms with Crippen LogP contribution in [-0.2, 0) is 4.74 Å². The molecule has 0 fully saturated rings. The quantitative estimate of drug-likeness (QED) is 0.692. The molecule has 0 aliphatic carbocycles. The van der Waals surface area contributed by atoms with E-state index in [1.165, 1.54) is 12.1 Å². The molecule has 0 atom stereocenters. The van der Waals surface area contributed by atoms with Gasteiger partial charge in [-0.3, -0.25) is 4.98 Å². The average Bonchev–Trinajstić information content (AvgIpc) is 2.47. The van der Waals surface area contributed by atoms with Crippen LogP contribution in [0.3, 0.4) is 0 Å². The molecule has 1 aromatic carbocycles. The van der Waals surface area contributed by atoms with Gasteiger partial charge in [-0.1, -0.05) is 6.07 Å². The molecule has 0 saturated carbocycles. The highest BCUT2D eigenvalue weighted by atomic mass is 19.3. The van der Waals surface area contributed by atoms with Crippen molar-refractivity contribution in [2.75, 3.05) is 12.3 Å². The highest BCUT2D eigenvalue weighted by Crippen LogP contribution is 2.30. The number of nitrogens with two attached hydrogens (primary N) is 1. The second-order valence-corrected chi connectivity index (χ2v) is 4.42. The summed E-state index contributed by atoms with van der Waals surface area (Å²) in [5.74, 6) is -1.50. The molecule has 0 aliphatic heterocycles. The normalized spacial score (nSPS) is 10.8. The minimum atomic E-state index is -2.73. The van der Waals surface area contributed by atoms with Crippen molar-refractivity contribution in [3.05, 3.63) is 47.5 Å². The summed E-state index contributed by atoms with van der Waals surface area (Å²) in [6.45, 7) is 1.72. The van der Waals surface area contributed by atoms with E-state index in [9.17, 15) is 18.0 Å². The first-order valence-corrected chi connectivity index (χ1v) is 6.44. The number of alkyl halides is 2. The number of nitrogens with zero attached hydrogens (tertiary/aromatic N) is 1. The number of anilines is 1. The maximum atomic E-state index is 14.2. The summed E-state index contributed by atoms with van der Waals surface area (Å²) in [6, 6.07) is 4.66. The minimum absolute atomic E-state index is 0.0569. The molecule has 2 aromatic rings. The Morgan fingerprint density at radius 2 is 2.09 bits per heavy atom. The zero-order valence-corrected chi connectivity index (χ0v) is 11.6. The number of carbonyl (C=O) groups is 1. The number of rotatable bonds is 4. The summed E-state index contributed by atoms with van der Waals surface area (Å²) in [6.07, 6.45) is -1.64. The largest absolute Gasteiger partial charge is 0.462 e. The summed E-state index contributed by atoms with van der Waals surface area (Å²) in [5, 5.41) is 0. The first kappa shape index (κ1) is 15.8. The van der Waals surface area contributed by atoms with Crippen molar-refractivity contribution in [3.63, 3.8) is 0 Å². The van der Waals surface area contributed by atoms with Gasteiger partial charge in [0.05, 0.1) is 12.2 Å². The lowest BCUT2D eigenvalue weighted by Gasteiger charge is -2.11. The van der Waals surface area contributed by atoms with Crippen LogP contribution in [-0.4, -0.2) is 17.6 Å². The van der Waals surface area contributed by atoms with Gasteiger partial charge < -0.3 is 10.5 Å². The van der Waals surface area contributed by atoms with E-state index in [1.807, 2.05) is 0 Å². The van der Waals surface area contributed by atoms with Gasteiger partial charge in [0.25, 0.3) is 6.43 Å². The number of hydrogen-bond acceptors (Lipinski definition) is 4. The highest BCUT2D eigenvalue weighted by molar-refractivity contribution is 5.98. The van der Waals surface area contributed by atoms with Gasteiger partial charge in [0.15, 0.2) is 0 Å². The Kier molecular flexibility index (Phi) is 4.65. The average molecular weight is 310 g/mol.